The number of methoxy groups -OCH3 is 1. The largest absolute Gasteiger partial charge is 0.497 e. The number of hydrogen-bond acceptors (Lipinski definition) is 12. The molecule has 2 saturated carbocycles. The Balaban J connectivity index is 1.34. The smallest absolute Gasteiger partial charge is 0.408 e. The third kappa shape index (κ3) is 8.99. The van der Waals surface area contributed by atoms with Gasteiger partial charge in [0, 0.05) is 37.6 Å². The van der Waals surface area contributed by atoms with Crippen molar-refractivity contribution in [2.45, 2.75) is 93.9 Å². The Kier molecular flexibility index (Phi) is 11.3. The van der Waals surface area contributed by atoms with Crippen LogP contribution in [-0.4, -0.2) is 116 Å². The van der Waals surface area contributed by atoms with Crippen molar-refractivity contribution in [1.29, 1.82) is 0 Å². The molecular weight excluding hydrogens is 737 g/mol. The number of fused-ring (bicyclic) bond motifs is 3. The molecule has 0 radical (unpaired) electrons. The van der Waals surface area contributed by atoms with Gasteiger partial charge in [0.1, 0.15) is 40.9 Å². The van der Waals surface area contributed by atoms with Gasteiger partial charge in [-0.3, -0.25) is 19.1 Å². The summed E-state index contributed by atoms with van der Waals surface area (Å²) in [6, 6.07) is 5.22. The summed E-state index contributed by atoms with van der Waals surface area (Å²) in [6.45, 7) is 5.14. The normalized spacial score (nSPS) is 26.4. The van der Waals surface area contributed by atoms with Gasteiger partial charge in [0.25, 0.3) is 5.91 Å². The van der Waals surface area contributed by atoms with Gasteiger partial charge in [0.15, 0.2) is 0 Å². The number of rotatable bonds is 8. The van der Waals surface area contributed by atoms with Crippen LogP contribution in [0.2, 0.25) is 0 Å². The molecule has 0 bridgehead atoms. The predicted octanol–water partition coefficient (Wildman–Crippen LogP) is 3.12. The number of pyridine rings is 1. The van der Waals surface area contributed by atoms with E-state index in [4.69, 9.17) is 19.2 Å². The fraction of sp³-hybridized carbons (Fsp3) is 0.595. The van der Waals surface area contributed by atoms with Crippen LogP contribution in [0.1, 0.15) is 59.3 Å². The van der Waals surface area contributed by atoms with Crippen molar-refractivity contribution >= 4 is 62.2 Å². The molecular formula is C37H50N6O9S2. The van der Waals surface area contributed by atoms with Crippen molar-refractivity contribution in [3.63, 3.8) is 0 Å². The van der Waals surface area contributed by atoms with Crippen molar-refractivity contribution in [2.24, 2.45) is 5.92 Å². The second-order valence-electron chi connectivity index (χ2n) is 15.5. The summed E-state index contributed by atoms with van der Waals surface area (Å²) in [4.78, 5) is 63.6. The van der Waals surface area contributed by atoms with E-state index in [2.05, 4.69) is 15.4 Å². The molecule has 1 saturated heterocycles. The highest BCUT2D eigenvalue weighted by Gasteiger charge is 2.62. The van der Waals surface area contributed by atoms with E-state index in [-0.39, 0.29) is 25.1 Å². The molecule has 2 aliphatic heterocycles. The third-order valence-corrected chi connectivity index (χ3v) is 12.8. The fourth-order valence-corrected chi connectivity index (χ4v) is 9.09. The van der Waals surface area contributed by atoms with Gasteiger partial charge in [-0.25, -0.2) is 13.2 Å². The molecule has 6 rings (SSSR count). The van der Waals surface area contributed by atoms with E-state index in [1.165, 1.54) is 16.7 Å². The van der Waals surface area contributed by atoms with E-state index in [1.54, 1.807) is 33.9 Å². The van der Waals surface area contributed by atoms with E-state index in [1.807, 2.05) is 49.3 Å². The lowest BCUT2D eigenvalue weighted by Crippen LogP contribution is -2.58. The summed E-state index contributed by atoms with van der Waals surface area (Å²) in [5, 5.41) is 6.48. The van der Waals surface area contributed by atoms with E-state index in [9.17, 15) is 27.6 Å². The number of hydrogen-bond donors (Lipinski definition) is 3. The van der Waals surface area contributed by atoms with Crippen LogP contribution in [0.3, 0.4) is 0 Å². The van der Waals surface area contributed by atoms with E-state index in [0.717, 1.165) is 11.8 Å². The van der Waals surface area contributed by atoms with Crippen LogP contribution < -0.4 is 29.7 Å². The number of alkyl carbamates (subject to hydrolysis) is 1. The van der Waals surface area contributed by atoms with Crippen molar-refractivity contribution in [1.82, 2.24) is 25.2 Å². The molecule has 1 aromatic carbocycles. The minimum Gasteiger partial charge on any atom is -0.497 e. The van der Waals surface area contributed by atoms with E-state index < -0.39 is 74.3 Å². The molecule has 4 aliphatic rings. The number of allylic oxidation sites excluding steroid dienone is 1. The number of anilines is 1. The Hall–Kier alpha value is -4.25. The van der Waals surface area contributed by atoms with Gasteiger partial charge < -0.3 is 34.6 Å². The number of nitrogens with one attached hydrogen (secondary N) is 3. The Bertz CT molecular complexity index is 1930. The predicted molar refractivity (Wildman–Crippen MR) is 205 cm³/mol. The Morgan fingerprint density at radius 1 is 1.15 bits per heavy atom. The maximum Gasteiger partial charge on any atom is 0.408 e. The number of thioether (sulfide) groups is 1. The maximum absolute atomic E-state index is 14.5. The van der Waals surface area contributed by atoms with E-state index >= 15 is 0 Å². The number of amides is 4. The fourth-order valence-electron chi connectivity index (χ4n) is 6.73. The second kappa shape index (κ2) is 15.5. The average Bonchev–Trinajstić information content (AvgIpc) is 4.02. The molecule has 2 aromatic rings. The number of carbonyl (C=O) groups excluding carboxylic acids is 4. The van der Waals surface area contributed by atoms with Gasteiger partial charge in [-0.2, -0.15) is 16.7 Å². The summed E-state index contributed by atoms with van der Waals surface area (Å²) < 4.78 is 45.4. The number of aromatic nitrogens is 1. The zero-order valence-corrected chi connectivity index (χ0v) is 33.2. The minimum absolute atomic E-state index is 0.0296. The molecule has 2 aliphatic carbocycles. The molecule has 1 aromatic heterocycles. The average molecular weight is 787 g/mol. The van der Waals surface area contributed by atoms with Crippen molar-refractivity contribution in [3.8, 4) is 11.6 Å². The summed E-state index contributed by atoms with van der Waals surface area (Å²) in [6.07, 6.45) is 4.91. The third-order valence-electron chi connectivity index (χ3n) is 9.84. The van der Waals surface area contributed by atoms with Crippen LogP contribution >= 0.6 is 11.8 Å². The van der Waals surface area contributed by atoms with Gasteiger partial charge in [-0.15, -0.1) is 0 Å². The standard InChI is InChI=1S/C37H50N6O9S2/c1-36(2,3)52-35(47)38-28-21-53-15-9-7-8-10-23-19-37(23,34(46)41-54(48,49)26-12-13-26)40-31(44)29-18-25(20-43(29)33(28)45)51-32-27-14-11-24(50-6)16-22(27)17-30(39-32)42(4)5/h8,10-11,14,16-17,23,25-26,28-29H,7,9,12-13,15,18-21H2,1-6H3,(H,38,47)(H,40,44)(H,41,46)/t23-,25?,28+,29+,37-/m1/s1. The molecule has 54 heavy (non-hydrogen) atoms. The highest BCUT2D eigenvalue weighted by Crippen LogP contribution is 2.46. The molecule has 1 unspecified atom stereocenters. The Morgan fingerprint density at radius 3 is 2.59 bits per heavy atom. The van der Waals surface area contributed by atoms with Gasteiger partial charge >= 0.3 is 6.09 Å². The molecule has 0 spiro atoms. The molecule has 17 heteroatoms. The molecule has 4 amide bonds. The Labute approximate surface area is 320 Å². The van der Waals surface area contributed by atoms with Crippen molar-refractivity contribution in [2.75, 3.05) is 44.2 Å². The molecule has 3 N–H and O–H groups in total. The van der Waals surface area contributed by atoms with Crippen LogP contribution in [0.5, 0.6) is 11.6 Å². The Morgan fingerprint density at radius 2 is 1.91 bits per heavy atom. The first-order valence-electron chi connectivity index (χ1n) is 18.2. The lowest BCUT2D eigenvalue weighted by Gasteiger charge is -2.30. The number of nitrogens with zero attached hydrogens (tertiary/aromatic N) is 3. The highest BCUT2D eigenvalue weighted by molar-refractivity contribution is 7.99. The van der Waals surface area contributed by atoms with Crippen LogP contribution in [0.4, 0.5) is 10.6 Å². The molecule has 294 valence electrons. The zero-order valence-electron chi connectivity index (χ0n) is 31.5. The summed E-state index contributed by atoms with van der Waals surface area (Å²) in [5.74, 6) is 0.0947. The van der Waals surface area contributed by atoms with Gasteiger partial charge in [-0.05, 0) is 88.3 Å². The second-order valence-corrected chi connectivity index (χ2v) is 18.7. The molecule has 15 nitrogen and oxygen atoms in total. The van der Waals surface area contributed by atoms with Gasteiger partial charge in [0.05, 0.1) is 18.9 Å². The number of carbonyl (C=O) groups is 4. The first-order valence-corrected chi connectivity index (χ1v) is 20.9. The number of benzene rings is 1. The van der Waals surface area contributed by atoms with Crippen molar-refractivity contribution in [3.05, 3.63) is 36.4 Å². The minimum atomic E-state index is -3.90. The lowest BCUT2D eigenvalue weighted by molar-refractivity contribution is -0.140. The van der Waals surface area contributed by atoms with E-state index in [0.29, 0.717) is 47.8 Å². The molecule has 5 atom stereocenters. The monoisotopic (exact) mass is 786 g/mol. The lowest BCUT2D eigenvalue weighted by atomic mass is 10.1. The zero-order chi connectivity index (χ0) is 39.0. The molecule has 3 heterocycles. The van der Waals surface area contributed by atoms with Crippen LogP contribution in [0.15, 0.2) is 36.4 Å². The number of sulfonamides is 1. The van der Waals surface area contributed by atoms with Crippen LogP contribution in [0, 0.1) is 5.92 Å². The summed E-state index contributed by atoms with van der Waals surface area (Å²) >= 11 is 1.49. The summed E-state index contributed by atoms with van der Waals surface area (Å²) in [5.41, 5.74) is -2.33. The van der Waals surface area contributed by atoms with Crippen LogP contribution in [0.25, 0.3) is 10.8 Å². The highest BCUT2D eigenvalue weighted by atomic mass is 32.2. The SMILES string of the molecule is COc1ccc2c(OC3C[C@H]4C(=O)N[C@]5(C(=O)NS(=O)(=O)C6CC6)C[C@H]5C=CCCCSC[C@H](NC(=O)OC(C)(C)C)C(=O)N4C3)nc(N(C)C)cc2c1. The van der Waals surface area contributed by atoms with Gasteiger partial charge in [0.2, 0.25) is 27.7 Å². The van der Waals surface area contributed by atoms with Gasteiger partial charge in [-0.1, -0.05) is 12.2 Å². The molecule has 3 fully saturated rings. The quantitative estimate of drug-likeness (QED) is 0.333. The number of ether oxygens (including phenoxy) is 3. The topological polar surface area (TPSA) is 186 Å². The first-order chi connectivity index (χ1) is 25.5. The first kappa shape index (κ1) is 39.4. The maximum atomic E-state index is 14.5. The summed E-state index contributed by atoms with van der Waals surface area (Å²) in [7, 11) is 1.39. The van der Waals surface area contributed by atoms with Crippen LogP contribution in [-0.2, 0) is 29.1 Å². The van der Waals surface area contributed by atoms with Crippen molar-refractivity contribution < 1.29 is 41.8 Å².